The van der Waals surface area contributed by atoms with Gasteiger partial charge in [-0.3, -0.25) is 14.7 Å². The van der Waals surface area contributed by atoms with E-state index in [0.717, 1.165) is 18.9 Å². The van der Waals surface area contributed by atoms with E-state index < -0.39 is 0 Å². The van der Waals surface area contributed by atoms with E-state index >= 15 is 0 Å². The molecule has 0 saturated heterocycles. The normalized spacial score (nSPS) is 16.3. The molecule has 0 radical (unpaired) electrons. The molecule has 0 aliphatic carbocycles. The van der Waals surface area contributed by atoms with E-state index in [0.29, 0.717) is 25.3 Å². The van der Waals surface area contributed by atoms with E-state index in [9.17, 15) is 4.79 Å². The van der Waals surface area contributed by atoms with Crippen molar-refractivity contribution in [2.75, 3.05) is 19.6 Å². The molecule has 0 aromatic heterocycles. The monoisotopic (exact) mass is 197 g/mol. The van der Waals surface area contributed by atoms with Crippen molar-refractivity contribution >= 4 is 11.7 Å². The fraction of sp³-hybridized carbons (Fsp3) is 0.800. The summed E-state index contributed by atoms with van der Waals surface area (Å²) in [5.41, 5.74) is 5.45. The molecule has 0 saturated carbocycles. The van der Waals surface area contributed by atoms with Crippen molar-refractivity contribution in [2.45, 2.75) is 26.7 Å². The fourth-order valence-electron chi connectivity index (χ4n) is 1.56. The summed E-state index contributed by atoms with van der Waals surface area (Å²) >= 11 is 0. The molecule has 0 bridgehead atoms. The Morgan fingerprint density at radius 3 is 2.93 bits per heavy atom. The van der Waals surface area contributed by atoms with Gasteiger partial charge in [-0.2, -0.15) is 0 Å². The molecule has 1 amide bonds. The van der Waals surface area contributed by atoms with Crippen LogP contribution in [0.2, 0.25) is 0 Å². The van der Waals surface area contributed by atoms with E-state index in [-0.39, 0.29) is 5.91 Å². The van der Waals surface area contributed by atoms with Crippen molar-refractivity contribution in [1.82, 2.24) is 4.90 Å². The third-order valence-electron chi connectivity index (χ3n) is 2.18. The summed E-state index contributed by atoms with van der Waals surface area (Å²) in [7, 11) is 0. The Balaban J connectivity index is 2.51. The molecule has 0 fully saturated rings. The highest BCUT2D eigenvalue weighted by atomic mass is 16.2. The maximum absolute atomic E-state index is 11.7. The van der Waals surface area contributed by atoms with Gasteiger partial charge in [-0.15, -0.1) is 0 Å². The molecule has 2 N–H and O–H groups in total. The molecule has 1 aliphatic heterocycles. The number of hydrogen-bond acceptors (Lipinski definition) is 3. The van der Waals surface area contributed by atoms with Crippen LogP contribution in [0.15, 0.2) is 4.99 Å². The van der Waals surface area contributed by atoms with Crippen LogP contribution in [-0.2, 0) is 4.79 Å². The van der Waals surface area contributed by atoms with E-state index in [1.165, 1.54) is 0 Å². The van der Waals surface area contributed by atoms with Crippen LogP contribution in [-0.4, -0.2) is 36.3 Å². The zero-order valence-corrected chi connectivity index (χ0v) is 8.99. The standard InChI is InChI=1S/C10H19N3O/c1-8(2)7-10(14)13-6-5-12-9(13)3-4-11/h8H,3-7,11H2,1-2H3. The van der Waals surface area contributed by atoms with Crippen LogP contribution in [0, 0.1) is 5.92 Å². The number of carbonyl (C=O) groups excluding carboxylic acids is 1. The van der Waals surface area contributed by atoms with Crippen LogP contribution in [0.4, 0.5) is 0 Å². The number of nitrogens with two attached hydrogens (primary N) is 1. The molecular formula is C10H19N3O. The molecule has 0 unspecified atom stereocenters. The molecule has 1 heterocycles. The minimum absolute atomic E-state index is 0.185. The minimum Gasteiger partial charge on any atom is -0.330 e. The summed E-state index contributed by atoms with van der Waals surface area (Å²) in [6, 6.07) is 0. The Hall–Kier alpha value is -0.900. The predicted molar refractivity (Wildman–Crippen MR) is 57.1 cm³/mol. The summed E-state index contributed by atoms with van der Waals surface area (Å²) in [5, 5.41) is 0. The van der Waals surface area contributed by atoms with Crippen molar-refractivity contribution < 1.29 is 4.79 Å². The lowest BCUT2D eigenvalue weighted by Crippen LogP contribution is -2.35. The second-order valence-corrected chi connectivity index (χ2v) is 3.98. The van der Waals surface area contributed by atoms with Gasteiger partial charge in [-0.05, 0) is 12.5 Å². The summed E-state index contributed by atoms with van der Waals surface area (Å²) in [6.45, 7) is 6.13. The van der Waals surface area contributed by atoms with Gasteiger partial charge >= 0.3 is 0 Å². The highest BCUT2D eigenvalue weighted by molar-refractivity contribution is 5.99. The van der Waals surface area contributed by atoms with Crippen molar-refractivity contribution in [1.29, 1.82) is 0 Å². The number of amidine groups is 1. The zero-order valence-electron chi connectivity index (χ0n) is 8.99. The molecule has 0 aromatic carbocycles. The second-order valence-electron chi connectivity index (χ2n) is 3.98. The lowest BCUT2D eigenvalue weighted by atomic mass is 10.1. The van der Waals surface area contributed by atoms with Crippen molar-refractivity contribution in [3.8, 4) is 0 Å². The Morgan fingerprint density at radius 1 is 1.64 bits per heavy atom. The number of amides is 1. The first-order valence-corrected chi connectivity index (χ1v) is 5.19. The van der Waals surface area contributed by atoms with Gasteiger partial charge in [0, 0.05) is 19.4 Å². The molecule has 80 valence electrons. The Bertz CT molecular complexity index is 236. The molecule has 4 heteroatoms. The summed E-state index contributed by atoms with van der Waals surface area (Å²) in [6.07, 6.45) is 1.31. The Morgan fingerprint density at radius 2 is 2.36 bits per heavy atom. The van der Waals surface area contributed by atoms with Crippen molar-refractivity contribution in [3.63, 3.8) is 0 Å². The predicted octanol–water partition coefficient (Wildman–Crippen LogP) is 0.622. The van der Waals surface area contributed by atoms with Gasteiger partial charge in [0.2, 0.25) is 5.91 Å². The van der Waals surface area contributed by atoms with E-state index in [1.807, 2.05) is 13.8 Å². The van der Waals surface area contributed by atoms with Crippen molar-refractivity contribution in [2.24, 2.45) is 16.6 Å². The van der Waals surface area contributed by atoms with Crippen LogP contribution >= 0.6 is 0 Å². The third-order valence-corrected chi connectivity index (χ3v) is 2.18. The average Bonchev–Trinajstić information content (AvgIpc) is 2.51. The second kappa shape index (κ2) is 5.10. The van der Waals surface area contributed by atoms with Crippen LogP contribution < -0.4 is 5.73 Å². The van der Waals surface area contributed by atoms with Gasteiger partial charge < -0.3 is 5.73 Å². The summed E-state index contributed by atoms with van der Waals surface area (Å²) < 4.78 is 0. The van der Waals surface area contributed by atoms with Crippen LogP contribution in [0.5, 0.6) is 0 Å². The highest BCUT2D eigenvalue weighted by Crippen LogP contribution is 2.10. The van der Waals surface area contributed by atoms with Crippen molar-refractivity contribution in [3.05, 3.63) is 0 Å². The summed E-state index contributed by atoms with van der Waals surface area (Å²) in [4.78, 5) is 17.8. The maximum Gasteiger partial charge on any atom is 0.228 e. The number of rotatable bonds is 4. The van der Waals surface area contributed by atoms with Gasteiger partial charge in [-0.1, -0.05) is 13.8 Å². The lowest BCUT2D eigenvalue weighted by Gasteiger charge is -2.18. The van der Waals surface area contributed by atoms with Gasteiger partial charge in [-0.25, -0.2) is 0 Å². The highest BCUT2D eigenvalue weighted by Gasteiger charge is 2.22. The van der Waals surface area contributed by atoms with E-state index in [4.69, 9.17) is 5.73 Å². The number of nitrogens with zero attached hydrogens (tertiary/aromatic N) is 2. The molecule has 0 spiro atoms. The third kappa shape index (κ3) is 2.80. The number of aliphatic imine (C=N–C) groups is 1. The maximum atomic E-state index is 11.7. The average molecular weight is 197 g/mol. The smallest absolute Gasteiger partial charge is 0.228 e. The van der Waals surface area contributed by atoms with E-state index in [2.05, 4.69) is 4.99 Å². The SMILES string of the molecule is CC(C)CC(=O)N1CCN=C1CCN. The van der Waals surface area contributed by atoms with Gasteiger partial charge in [0.1, 0.15) is 5.84 Å². The Kier molecular flexibility index (Phi) is 4.07. The first-order chi connectivity index (χ1) is 6.65. The number of hydrogen-bond donors (Lipinski definition) is 1. The zero-order chi connectivity index (χ0) is 10.6. The van der Waals surface area contributed by atoms with Crippen LogP contribution in [0.25, 0.3) is 0 Å². The quantitative estimate of drug-likeness (QED) is 0.718. The molecule has 1 aliphatic rings. The molecule has 0 aromatic rings. The largest absolute Gasteiger partial charge is 0.330 e. The molecule has 1 rings (SSSR count). The van der Waals surface area contributed by atoms with Crippen LogP contribution in [0.1, 0.15) is 26.7 Å². The van der Waals surface area contributed by atoms with Gasteiger partial charge in [0.25, 0.3) is 0 Å². The van der Waals surface area contributed by atoms with E-state index in [1.54, 1.807) is 4.90 Å². The first-order valence-electron chi connectivity index (χ1n) is 5.19. The molecule has 0 atom stereocenters. The lowest BCUT2D eigenvalue weighted by molar-refractivity contribution is -0.127. The molecule has 14 heavy (non-hydrogen) atoms. The van der Waals surface area contributed by atoms with Crippen LogP contribution in [0.3, 0.4) is 0 Å². The molecule has 4 nitrogen and oxygen atoms in total. The van der Waals surface area contributed by atoms with Gasteiger partial charge in [0.05, 0.1) is 6.54 Å². The topological polar surface area (TPSA) is 58.7 Å². The number of carbonyl (C=O) groups is 1. The van der Waals surface area contributed by atoms with Gasteiger partial charge in [0.15, 0.2) is 0 Å². The first kappa shape index (κ1) is 11.2. The summed E-state index contributed by atoms with van der Waals surface area (Å²) in [5.74, 6) is 1.46. The minimum atomic E-state index is 0.185. The fourth-order valence-corrected chi connectivity index (χ4v) is 1.56. The molecular weight excluding hydrogens is 178 g/mol. The Labute approximate surface area is 85.2 Å².